The molecular weight excluding hydrogens is 496 g/mol. The van der Waals surface area contributed by atoms with E-state index in [1.807, 2.05) is 36.4 Å². The standard InChI is InChI=1S/C36H40O4/c1-35(2,18-17-28-29(24-13-9-7-10-14-24)19-26(38-5)21-31(28)37)23-33-36(3,4)34-30(25-15-11-8-12-16-25)20-27(39-6)22-32(34)40-33/h7-16,19-22,33,37H,17-18,23H2,1-6H3/t33-/m1/s1. The average Bonchev–Trinajstić information content (AvgIpc) is 3.20. The summed E-state index contributed by atoms with van der Waals surface area (Å²) in [6.45, 7) is 9.19. The van der Waals surface area contributed by atoms with Crippen molar-refractivity contribution in [1.29, 1.82) is 0 Å². The van der Waals surface area contributed by atoms with Gasteiger partial charge in [-0.25, -0.2) is 0 Å². The van der Waals surface area contributed by atoms with Gasteiger partial charge in [0.25, 0.3) is 0 Å². The molecule has 4 nitrogen and oxygen atoms in total. The van der Waals surface area contributed by atoms with Gasteiger partial charge in [0.05, 0.1) is 14.2 Å². The number of fused-ring (bicyclic) bond motifs is 1. The van der Waals surface area contributed by atoms with Gasteiger partial charge in [0.1, 0.15) is 29.1 Å². The van der Waals surface area contributed by atoms with Gasteiger partial charge in [0.2, 0.25) is 0 Å². The predicted molar refractivity (Wildman–Crippen MR) is 163 cm³/mol. The normalized spacial score (nSPS) is 15.8. The molecule has 0 radical (unpaired) electrons. The molecule has 1 N–H and O–H groups in total. The summed E-state index contributed by atoms with van der Waals surface area (Å²) >= 11 is 0. The molecule has 1 aliphatic heterocycles. The van der Waals surface area contributed by atoms with Crippen molar-refractivity contribution in [2.45, 2.75) is 58.5 Å². The van der Waals surface area contributed by atoms with Crippen LogP contribution in [0, 0.1) is 5.41 Å². The van der Waals surface area contributed by atoms with Gasteiger partial charge in [-0.2, -0.15) is 0 Å². The summed E-state index contributed by atoms with van der Waals surface area (Å²) in [5.41, 5.74) is 6.36. The van der Waals surface area contributed by atoms with E-state index in [0.717, 1.165) is 58.6 Å². The van der Waals surface area contributed by atoms with E-state index in [4.69, 9.17) is 14.2 Å². The Morgan fingerprint density at radius 3 is 1.95 bits per heavy atom. The second-order valence-electron chi connectivity index (χ2n) is 12.1. The summed E-state index contributed by atoms with van der Waals surface area (Å²) in [4.78, 5) is 0. The zero-order valence-corrected chi connectivity index (χ0v) is 24.5. The van der Waals surface area contributed by atoms with E-state index in [9.17, 15) is 5.11 Å². The highest BCUT2D eigenvalue weighted by Crippen LogP contribution is 2.52. The third-order valence-electron chi connectivity index (χ3n) is 8.42. The lowest BCUT2D eigenvalue weighted by molar-refractivity contribution is 0.102. The molecule has 0 bridgehead atoms. The molecule has 0 fully saturated rings. The first kappa shape index (κ1) is 27.6. The SMILES string of the molecule is COc1cc(O)c(CCC(C)(C)C[C@H]2Oc3cc(OC)cc(-c4ccccc4)c3C2(C)C)c(-c2ccccc2)c1. The van der Waals surface area contributed by atoms with Crippen LogP contribution in [0.4, 0.5) is 0 Å². The summed E-state index contributed by atoms with van der Waals surface area (Å²) in [5, 5.41) is 11.0. The first-order valence-corrected chi connectivity index (χ1v) is 14.0. The fourth-order valence-corrected chi connectivity index (χ4v) is 6.02. The lowest BCUT2D eigenvalue weighted by Gasteiger charge is -2.34. The Bertz CT molecular complexity index is 1470. The molecule has 0 unspecified atom stereocenters. The largest absolute Gasteiger partial charge is 0.508 e. The molecule has 4 heteroatoms. The third kappa shape index (κ3) is 5.40. The van der Waals surface area contributed by atoms with Crippen molar-refractivity contribution in [3.05, 3.63) is 96.1 Å². The van der Waals surface area contributed by atoms with Crippen LogP contribution in [0.2, 0.25) is 0 Å². The van der Waals surface area contributed by atoms with Crippen LogP contribution < -0.4 is 14.2 Å². The van der Waals surface area contributed by atoms with Gasteiger partial charge in [-0.05, 0) is 59.1 Å². The Morgan fingerprint density at radius 1 is 0.800 bits per heavy atom. The first-order chi connectivity index (χ1) is 19.1. The number of hydrogen-bond donors (Lipinski definition) is 1. The second kappa shape index (κ2) is 10.9. The van der Waals surface area contributed by atoms with Crippen LogP contribution in [0.15, 0.2) is 84.9 Å². The van der Waals surface area contributed by atoms with Crippen LogP contribution in [0.3, 0.4) is 0 Å². The van der Waals surface area contributed by atoms with Gasteiger partial charge in [-0.15, -0.1) is 0 Å². The number of rotatable bonds is 9. The monoisotopic (exact) mass is 536 g/mol. The first-order valence-electron chi connectivity index (χ1n) is 14.0. The van der Waals surface area contributed by atoms with E-state index in [2.05, 4.69) is 70.2 Å². The minimum atomic E-state index is -0.193. The number of benzene rings is 4. The highest BCUT2D eigenvalue weighted by atomic mass is 16.5. The van der Waals surface area contributed by atoms with Gasteiger partial charge in [0, 0.05) is 28.7 Å². The molecular formula is C36H40O4. The lowest BCUT2D eigenvalue weighted by Crippen LogP contribution is -2.36. The van der Waals surface area contributed by atoms with Crippen molar-refractivity contribution >= 4 is 0 Å². The third-order valence-corrected chi connectivity index (χ3v) is 8.42. The Kier molecular flexibility index (Phi) is 7.55. The molecule has 1 aliphatic rings. The number of phenols is 1. The average molecular weight is 537 g/mol. The maximum absolute atomic E-state index is 11.0. The Hall–Kier alpha value is -3.92. The summed E-state index contributed by atoms with van der Waals surface area (Å²) in [7, 11) is 3.34. The zero-order chi connectivity index (χ0) is 28.5. The molecule has 0 aromatic heterocycles. The van der Waals surface area contributed by atoms with Gasteiger partial charge in [0.15, 0.2) is 0 Å². The molecule has 1 heterocycles. The molecule has 5 rings (SSSR count). The fourth-order valence-electron chi connectivity index (χ4n) is 6.02. The minimum absolute atomic E-state index is 0.00475. The Morgan fingerprint density at radius 2 is 1.35 bits per heavy atom. The predicted octanol–water partition coefficient (Wildman–Crippen LogP) is 8.83. The van der Waals surface area contributed by atoms with Gasteiger partial charge in [-0.1, -0.05) is 88.4 Å². The van der Waals surface area contributed by atoms with E-state index >= 15 is 0 Å². The molecule has 208 valence electrons. The second-order valence-corrected chi connectivity index (χ2v) is 12.1. The number of ether oxygens (including phenoxy) is 3. The van der Waals surface area contributed by atoms with Crippen molar-refractivity contribution < 1.29 is 19.3 Å². The number of aromatic hydroxyl groups is 1. The highest BCUT2D eigenvalue weighted by molar-refractivity contribution is 5.75. The minimum Gasteiger partial charge on any atom is -0.508 e. The van der Waals surface area contributed by atoms with E-state index in [-0.39, 0.29) is 22.7 Å². The molecule has 0 aliphatic carbocycles. The molecule has 0 spiro atoms. The van der Waals surface area contributed by atoms with Crippen LogP contribution in [-0.2, 0) is 11.8 Å². The van der Waals surface area contributed by atoms with Crippen LogP contribution in [0.5, 0.6) is 23.0 Å². The molecule has 0 amide bonds. The molecule has 1 atom stereocenters. The topological polar surface area (TPSA) is 47.9 Å². The van der Waals surface area contributed by atoms with Gasteiger partial charge < -0.3 is 19.3 Å². The molecule has 0 saturated carbocycles. The number of methoxy groups -OCH3 is 2. The maximum atomic E-state index is 11.0. The highest BCUT2D eigenvalue weighted by Gasteiger charge is 2.45. The maximum Gasteiger partial charge on any atom is 0.127 e. The lowest BCUT2D eigenvalue weighted by atomic mass is 9.71. The summed E-state index contributed by atoms with van der Waals surface area (Å²) in [6.07, 6.45) is 2.53. The van der Waals surface area contributed by atoms with E-state index in [0.29, 0.717) is 5.75 Å². The van der Waals surface area contributed by atoms with E-state index < -0.39 is 0 Å². The molecule has 40 heavy (non-hydrogen) atoms. The quantitative estimate of drug-likeness (QED) is 0.232. The molecule has 4 aromatic rings. The fraction of sp³-hybridized carbons (Fsp3) is 0.333. The Labute approximate surface area is 238 Å². The van der Waals surface area contributed by atoms with Crippen molar-refractivity contribution in [2.24, 2.45) is 5.41 Å². The van der Waals surface area contributed by atoms with Crippen molar-refractivity contribution in [1.82, 2.24) is 0 Å². The van der Waals surface area contributed by atoms with E-state index in [1.165, 1.54) is 5.56 Å². The van der Waals surface area contributed by atoms with Gasteiger partial charge in [-0.3, -0.25) is 0 Å². The van der Waals surface area contributed by atoms with Crippen molar-refractivity contribution in [3.8, 4) is 45.3 Å². The number of phenolic OH excluding ortho intramolecular Hbond substituents is 1. The van der Waals surface area contributed by atoms with Crippen LogP contribution in [0.25, 0.3) is 22.3 Å². The number of hydrogen-bond acceptors (Lipinski definition) is 4. The van der Waals surface area contributed by atoms with Crippen molar-refractivity contribution in [3.63, 3.8) is 0 Å². The van der Waals surface area contributed by atoms with E-state index in [1.54, 1.807) is 20.3 Å². The van der Waals surface area contributed by atoms with Gasteiger partial charge >= 0.3 is 0 Å². The summed E-state index contributed by atoms with van der Waals surface area (Å²) in [5.74, 6) is 2.64. The zero-order valence-electron chi connectivity index (χ0n) is 24.5. The van der Waals surface area contributed by atoms with Crippen LogP contribution >= 0.6 is 0 Å². The smallest absolute Gasteiger partial charge is 0.127 e. The molecule has 0 saturated heterocycles. The van der Waals surface area contributed by atoms with Crippen LogP contribution in [-0.4, -0.2) is 25.4 Å². The van der Waals surface area contributed by atoms with Crippen LogP contribution in [0.1, 0.15) is 51.7 Å². The summed E-state index contributed by atoms with van der Waals surface area (Å²) < 4.78 is 17.8. The molecule has 4 aromatic carbocycles. The Balaban J connectivity index is 1.41. The summed E-state index contributed by atoms with van der Waals surface area (Å²) in [6, 6.07) is 28.6. The van der Waals surface area contributed by atoms with Crippen molar-refractivity contribution in [2.75, 3.05) is 14.2 Å².